The minimum Gasteiger partial charge on any atom is -0.455 e. The first-order valence-electron chi connectivity index (χ1n) is 7.43. The third-order valence-electron chi connectivity index (χ3n) is 3.50. The maximum Gasteiger partial charge on any atom is 0.338 e. The molecule has 0 aliphatic heterocycles. The van der Waals surface area contributed by atoms with Crippen molar-refractivity contribution in [3.8, 4) is 0 Å². The van der Waals surface area contributed by atoms with Crippen LogP contribution in [0, 0.1) is 6.92 Å². The van der Waals surface area contributed by atoms with Gasteiger partial charge in [0.1, 0.15) is 18.1 Å². The zero-order valence-electron chi connectivity index (χ0n) is 12.9. The van der Waals surface area contributed by atoms with E-state index in [1.807, 2.05) is 48.5 Å². The monoisotopic (exact) mass is 307 g/mol. The summed E-state index contributed by atoms with van der Waals surface area (Å²) in [7, 11) is 0. The average Bonchev–Trinajstić information content (AvgIpc) is 3.00. The quantitative estimate of drug-likeness (QED) is 0.670. The Morgan fingerprint density at radius 2 is 1.83 bits per heavy atom. The fraction of sp³-hybridized carbons (Fsp3) is 0.158. The van der Waals surface area contributed by atoms with Crippen molar-refractivity contribution >= 4 is 5.97 Å². The summed E-state index contributed by atoms with van der Waals surface area (Å²) in [5, 5.41) is 3.82. The molecule has 2 aromatic carbocycles. The van der Waals surface area contributed by atoms with Gasteiger partial charge in [-0.2, -0.15) is 0 Å². The number of carbonyl (C=O) groups excluding carboxylic acids is 1. The molecule has 1 aromatic heterocycles. The second-order valence-electron chi connectivity index (χ2n) is 5.32. The summed E-state index contributed by atoms with van der Waals surface area (Å²) in [6.45, 7) is 1.91. The molecule has 0 radical (unpaired) electrons. The number of carbonyl (C=O) groups is 1. The molecule has 4 heteroatoms. The standard InChI is InChI=1S/C19H17NO3/c1-14-11-17(20-23-14)13-22-19(21)18-10-6-5-9-16(18)12-15-7-3-2-4-8-15/h2-11H,12-13H2,1H3. The molecule has 0 atom stereocenters. The number of esters is 1. The lowest BCUT2D eigenvalue weighted by molar-refractivity contribution is 0.0463. The molecule has 3 aromatic rings. The minimum absolute atomic E-state index is 0.107. The Morgan fingerprint density at radius 1 is 1.09 bits per heavy atom. The number of benzene rings is 2. The third-order valence-corrected chi connectivity index (χ3v) is 3.50. The van der Waals surface area contributed by atoms with E-state index in [9.17, 15) is 4.79 Å². The van der Waals surface area contributed by atoms with Gasteiger partial charge in [0.2, 0.25) is 0 Å². The summed E-state index contributed by atoms with van der Waals surface area (Å²) in [4.78, 5) is 12.4. The molecular weight excluding hydrogens is 290 g/mol. The Hall–Kier alpha value is -2.88. The second kappa shape index (κ2) is 6.92. The first kappa shape index (κ1) is 15.0. The molecule has 0 saturated carbocycles. The van der Waals surface area contributed by atoms with E-state index in [-0.39, 0.29) is 12.6 Å². The van der Waals surface area contributed by atoms with E-state index in [1.165, 1.54) is 0 Å². The van der Waals surface area contributed by atoms with Crippen LogP contribution in [-0.2, 0) is 17.8 Å². The summed E-state index contributed by atoms with van der Waals surface area (Å²) in [6.07, 6.45) is 0.690. The van der Waals surface area contributed by atoms with Crippen molar-refractivity contribution in [2.45, 2.75) is 20.0 Å². The molecule has 0 unspecified atom stereocenters. The summed E-state index contributed by atoms with van der Waals surface area (Å²) in [5.41, 5.74) is 3.29. The molecule has 0 spiro atoms. The van der Waals surface area contributed by atoms with Crippen LogP contribution in [0.4, 0.5) is 0 Å². The van der Waals surface area contributed by atoms with E-state index in [2.05, 4.69) is 5.16 Å². The molecule has 116 valence electrons. The van der Waals surface area contributed by atoms with Gasteiger partial charge >= 0.3 is 5.97 Å². The van der Waals surface area contributed by atoms with Crippen molar-refractivity contribution in [3.05, 3.63) is 88.8 Å². The normalized spacial score (nSPS) is 10.5. The zero-order valence-corrected chi connectivity index (χ0v) is 12.9. The summed E-state index contributed by atoms with van der Waals surface area (Å²) < 4.78 is 10.3. The first-order valence-corrected chi connectivity index (χ1v) is 7.43. The topological polar surface area (TPSA) is 52.3 Å². The molecule has 0 aliphatic carbocycles. The number of aromatic nitrogens is 1. The van der Waals surface area contributed by atoms with Crippen LogP contribution >= 0.6 is 0 Å². The Bertz CT molecular complexity index is 793. The van der Waals surface area contributed by atoms with Crippen LogP contribution in [0.1, 0.15) is 32.9 Å². The van der Waals surface area contributed by atoms with E-state index < -0.39 is 0 Å². The molecule has 3 rings (SSSR count). The number of rotatable bonds is 5. The molecule has 0 bridgehead atoms. The molecule has 4 nitrogen and oxygen atoms in total. The molecule has 23 heavy (non-hydrogen) atoms. The molecule has 0 N–H and O–H groups in total. The number of hydrogen-bond donors (Lipinski definition) is 0. The lowest BCUT2D eigenvalue weighted by Gasteiger charge is -2.09. The maximum absolute atomic E-state index is 12.4. The van der Waals surface area contributed by atoms with Crippen molar-refractivity contribution in [1.29, 1.82) is 0 Å². The highest BCUT2D eigenvalue weighted by Crippen LogP contribution is 2.16. The fourth-order valence-electron chi connectivity index (χ4n) is 2.39. The zero-order chi connectivity index (χ0) is 16.1. The van der Waals surface area contributed by atoms with Crippen molar-refractivity contribution < 1.29 is 14.1 Å². The molecule has 0 fully saturated rings. The largest absolute Gasteiger partial charge is 0.455 e. The fourth-order valence-corrected chi connectivity index (χ4v) is 2.39. The van der Waals surface area contributed by atoms with Crippen molar-refractivity contribution in [1.82, 2.24) is 5.16 Å². The summed E-state index contributed by atoms with van der Waals surface area (Å²) in [6, 6.07) is 19.3. The van der Waals surface area contributed by atoms with E-state index in [0.717, 1.165) is 11.1 Å². The smallest absolute Gasteiger partial charge is 0.338 e. The summed E-state index contributed by atoms with van der Waals surface area (Å²) in [5.74, 6) is 0.345. The summed E-state index contributed by atoms with van der Waals surface area (Å²) >= 11 is 0. The molecular formula is C19H17NO3. The van der Waals surface area contributed by atoms with Crippen LogP contribution in [0.5, 0.6) is 0 Å². The lowest BCUT2D eigenvalue weighted by Crippen LogP contribution is -2.09. The van der Waals surface area contributed by atoms with Gasteiger partial charge in [-0.1, -0.05) is 53.7 Å². The van der Waals surface area contributed by atoms with Crippen molar-refractivity contribution in [3.63, 3.8) is 0 Å². The van der Waals surface area contributed by atoms with Gasteiger partial charge < -0.3 is 9.26 Å². The van der Waals surface area contributed by atoms with Crippen LogP contribution in [-0.4, -0.2) is 11.1 Å². The Labute approximate surface area is 134 Å². The number of aryl methyl sites for hydroxylation is 1. The van der Waals surface area contributed by atoms with Crippen molar-refractivity contribution in [2.24, 2.45) is 0 Å². The Kier molecular flexibility index (Phi) is 4.52. The Morgan fingerprint density at radius 3 is 2.57 bits per heavy atom. The molecule has 0 aliphatic rings. The highest BCUT2D eigenvalue weighted by atomic mass is 16.5. The van der Waals surface area contributed by atoms with Gasteiger partial charge in [-0.25, -0.2) is 4.79 Å². The minimum atomic E-state index is -0.350. The first-order chi connectivity index (χ1) is 11.2. The van der Waals surface area contributed by atoms with E-state index >= 15 is 0 Å². The van der Waals surface area contributed by atoms with Gasteiger partial charge in [-0.3, -0.25) is 0 Å². The predicted octanol–water partition coefficient (Wildman–Crippen LogP) is 3.93. The van der Waals surface area contributed by atoms with Gasteiger partial charge in [0, 0.05) is 6.07 Å². The van der Waals surface area contributed by atoms with E-state index in [4.69, 9.17) is 9.26 Å². The highest BCUT2D eigenvalue weighted by molar-refractivity contribution is 5.91. The lowest BCUT2D eigenvalue weighted by atomic mass is 10.00. The van der Waals surface area contributed by atoms with Crippen LogP contribution in [0.25, 0.3) is 0 Å². The van der Waals surface area contributed by atoms with Gasteiger partial charge in [-0.05, 0) is 30.5 Å². The van der Waals surface area contributed by atoms with Gasteiger partial charge in [0.25, 0.3) is 0 Å². The average molecular weight is 307 g/mol. The number of nitrogens with zero attached hydrogens (tertiary/aromatic N) is 1. The van der Waals surface area contributed by atoms with Crippen LogP contribution in [0.3, 0.4) is 0 Å². The van der Waals surface area contributed by atoms with Crippen LogP contribution < -0.4 is 0 Å². The number of ether oxygens (including phenoxy) is 1. The van der Waals surface area contributed by atoms with Crippen molar-refractivity contribution in [2.75, 3.05) is 0 Å². The number of hydrogen-bond acceptors (Lipinski definition) is 4. The van der Waals surface area contributed by atoms with Gasteiger partial charge in [-0.15, -0.1) is 0 Å². The second-order valence-corrected chi connectivity index (χ2v) is 5.32. The molecule has 0 saturated heterocycles. The van der Waals surface area contributed by atoms with Gasteiger partial charge in [0.05, 0.1) is 5.56 Å². The van der Waals surface area contributed by atoms with E-state index in [0.29, 0.717) is 23.4 Å². The van der Waals surface area contributed by atoms with Crippen LogP contribution in [0.2, 0.25) is 0 Å². The third kappa shape index (κ3) is 3.86. The maximum atomic E-state index is 12.4. The predicted molar refractivity (Wildman–Crippen MR) is 86.0 cm³/mol. The van der Waals surface area contributed by atoms with E-state index in [1.54, 1.807) is 19.1 Å². The Balaban J connectivity index is 1.72. The SMILES string of the molecule is Cc1cc(COC(=O)c2ccccc2Cc2ccccc2)no1. The molecule has 0 amide bonds. The van der Waals surface area contributed by atoms with Gasteiger partial charge in [0.15, 0.2) is 0 Å². The van der Waals surface area contributed by atoms with Crippen LogP contribution in [0.15, 0.2) is 65.2 Å². The highest BCUT2D eigenvalue weighted by Gasteiger charge is 2.13. The molecule has 1 heterocycles.